The molecule has 0 unspecified atom stereocenters. The van der Waals surface area contributed by atoms with Gasteiger partial charge >= 0.3 is 5.97 Å². The minimum Gasteiger partial charge on any atom is -0.478 e. The maximum atomic E-state index is 12.4. The van der Waals surface area contributed by atoms with E-state index in [1.165, 1.54) is 0 Å². The van der Waals surface area contributed by atoms with Crippen molar-refractivity contribution in [2.24, 2.45) is 0 Å². The first-order valence-electron chi connectivity index (χ1n) is 10.8. The van der Waals surface area contributed by atoms with E-state index in [9.17, 15) is 14.7 Å². The van der Waals surface area contributed by atoms with E-state index in [4.69, 9.17) is 0 Å². The highest BCUT2D eigenvalue weighted by molar-refractivity contribution is 5.95. The predicted molar refractivity (Wildman–Crippen MR) is 118 cm³/mol. The van der Waals surface area contributed by atoms with Crippen LogP contribution in [0, 0.1) is 0 Å². The number of rotatable bonds is 11. The predicted octanol–water partition coefficient (Wildman–Crippen LogP) is 4.80. The van der Waals surface area contributed by atoms with Gasteiger partial charge in [0.15, 0.2) is 0 Å². The Morgan fingerprint density at radius 2 is 1.81 bits per heavy atom. The van der Waals surface area contributed by atoms with Crippen molar-refractivity contribution in [2.45, 2.75) is 58.9 Å². The molecule has 3 aromatic rings. The number of aromatic nitrogens is 4. The number of benzene rings is 1. The Hall–Kier alpha value is -3.35. The molecule has 0 bridgehead atoms. The van der Waals surface area contributed by atoms with Crippen molar-refractivity contribution in [3.05, 3.63) is 65.4 Å². The van der Waals surface area contributed by atoms with Crippen molar-refractivity contribution in [1.29, 1.82) is 0 Å². The average molecular weight is 421 g/mol. The van der Waals surface area contributed by atoms with Gasteiger partial charge in [0.1, 0.15) is 5.82 Å². The lowest BCUT2D eigenvalue weighted by molar-refractivity contribution is 0.0697. The van der Waals surface area contributed by atoms with Gasteiger partial charge in [0.2, 0.25) is 11.6 Å². The first-order valence-corrected chi connectivity index (χ1v) is 10.8. The fraction of sp³-hybridized carbons (Fsp3) is 0.375. The second kappa shape index (κ2) is 10.6. The van der Waals surface area contributed by atoms with Gasteiger partial charge in [-0.2, -0.15) is 0 Å². The molecule has 31 heavy (non-hydrogen) atoms. The van der Waals surface area contributed by atoms with Crippen LogP contribution < -0.4 is 0 Å². The zero-order valence-electron chi connectivity index (χ0n) is 18.0. The fourth-order valence-electron chi connectivity index (χ4n) is 3.32. The summed E-state index contributed by atoms with van der Waals surface area (Å²) < 4.78 is 1.83. The number of hydrogen-bond acceptors (Lipinski definition) is 5. The minimum atomic E-state index is -0.981. The van der Waals surface area contributed by atoms with E-state index in [0.717, 1.165) is 43.6 Å². The lowest BCUT2D eigenvalue weighted by Crippen LogP contribution is -2.07. The number of carbonyl (C=O) groups excluding carboxylic acids is 1. The third kappa shape index (κ3) is 5.63. The third-order valence-electron chi connectivity index (χ3n) is 5.10. The van der Waals surface area contributed by atoms with Gasteiger partial charge in [-0.05, 0) is 30.5 Å². The van der Waals surface area contributed by atoms with Crippen LogP contribution in [0.2, 0.25) is 0 Å². The second-order valence-corrected chi connectivity index (χ2v) is 7.53. The molecule has 0 aliphatic rings. The number of aryl methyl sites for hydroxylation is 1. The average Bonchev–Trinajstić information content (AvgIpc) is 3.19. The zero-order valence-corrected chi connectivity index (χ0v) is 18.0. The lowest BCUT2D eigenvalue weighted by Gasteiger charge is -2.07. The number of pyridine rings is 1. The summed E-state index contributed by atoms with van der Waals surface area (Å²) in [6.07, 6.45) is 6.47. The van der Waals surface area contributed by atoms with Crippen molar-refractivity contribution >= 4 is 11.8 Å². The number of carboxylic acids is 1. The van der Waals surface area contributed by atoms with E-state index in [1.807, 2.05) is 16.8 Å². The number of Topliss-reactive ketones (excluding diaryl/α,β-unsaturated/α-hetero) is 1. The maximum absolute atomic E-state index is 12.4. The number of ketones is 1. The topological polar surface area (TPSA) is 98.0 Å². The van der Waals surface area contributed by atoms with Crippen LogP contribution in [-0.2, 0) is 13.0 Å². The van der Waals surface area contributed by atoms with Crippen LogP contribution in [0.5, 0.6) is 0 Å². The number of carboxylic acid groups (broad SMARTS) is 1. The summed E-state index contributed by atoms with van der Waals surface area (Å²) in [7, 11) is 0. The molecule has 0 amide bonds. The molecule has 7 nitrogen and oxygen atoms in total. The molecule has 0 atom stereocenters. The molecule has 1 N–H and O–H groups in total. The van der Waals surface area contributed by atoms with Gasteiger partial charge in [0.25, 0.3) is 0 Å². The Kier molecular flexibility index (Phi) is 7.65. The molecule has 0 fully saturated rings. The first-order chi connectivity index (χ1) is 15.0. The van der Waals surface area contributed by atoms with Gasteiger partial charge in [0.05, 0.1) is 11.3 Å². The van der Waals surface area contributed by atoms with Crippen LogP contribution in [0.1, 0.15) is 78.3 Å². The van der Waals surface area contributed by atoms with Crippen molar-refractivity contribution in [3.63, 3.8) is 0 Å². The largest absolute Gasteiger partial charge is 0.478 e. The molecule has 162 valence electrons. The van der Waals surface area contributed by atoms with Gasteiger partial charge in [-0.15, -0.1) is 5.10 Å². The van der Waals surface area contributed by atoms with Crippen LogP contribution in [0.15, 0.2) is 42.6 Å². The highest BCUT2D eigenvalue weighted by atomic mass is 16.4. The van der Waals surface area contributed by atoms with Gasteiger partial charge in [0, 0.05) is 31.1 Å². The highest BCUT2D eigenvalue weighted by Gasteiger charge is 2.17. The van der Waals surface area contributed by atoms with Crippen LogP contribution >= 0.6 is 0 Å². The molecule has 0 radical (unpaired) electrons. The highest BCUT2D eigenvalue weighted by Crippen LogP contribution is 2.22. The summed E-state index contributed by atoms with van der Waals surface area (Å²) in [5, 5.41) is 13.9. The SMILES string of the molecule is CCCCC(=O)c1nc(Cc2ccc(-c3ccccc3C(=O)O)nc2)n(CCCC)n1. The molecule has 2 aromatic heterocycles. The molecule has 0 spiro atoms. The number of unbranched alkanes of at least 4 members (excludes halogenated alkanes) is 2. The van der Waals surface area contributed by atoms with E-state index in [-0.39, 0.29) is 11.3 Å². The molecule has 0 saturated heterocycles. The lowest BCUT2D eigenvalue weighted by atomic mass is 10.0. The molecule has 1 aromatic carbocycles. The molecule has 0 saturated carbocycles. The zero-order chi connectivity index (χ0) is 22.2. The van der Waals surface area contributed by atoms with Gasteiger partial charge in [-0.3, -0.25) is 9.78 Å². The molecular formula is C24H28N4O3. The Bertz CT molecular complexity index is 1040. The number of hydrogen-bond donors (Lipinski definition) is 1. The molecule has 7 heteroatoms. The number of carbonyl (C=O) groups is 2. The van der Waals surface area contributed by atoms with Crippen molar-refractivity contribution in [3.8, 4) is 11.3 Å². The van der Waals surface area contributed by atoms with E-state index in [2.05, 4.69) is 28.9 Å². The van der Waals surface area contributed by atoms with E-state index < -0.39 is 5.97 Å². The van der Waals surface area contributed by atoms with E-state index >= 15 is 0 Å². The first kappa shape index (κ1) is 22.3. The Morgan fingerprint density at radius 1 is 1.03 bits per heavy atom. The van der Waals surface area contributed by atoms with Crippen LogP contribution in [0.25, 0.3) is 11.3 Å². The third-order valence-corrected chi connectivity index (χ3v) is 5.10. The Labute approximate surface area is 182 Å². The normalized spacial score (nSPS) is 10.9. The van der Waals surface area contributed by atoms with Gasteiger partial charge in [-0.1, -0.05) is 51.0 Å². The summed E-state index contributed by atoms with van der Waals surface area (Å²) in [5.41, 5.74) is 2.33. The summed E-state index contributed by atoms with van der Waals surface area (Å²) in [4.78, 5) is 32.9. The monoisotopic (exact) mass is 420 g/mol. The maximum Gasteiger partial charge on any atom is 0.336 e. The van der Waals surface area contributed by atoms with Crippen molar-refractivity contribution < 1.29 is 14.7 Å². The van der Waals surface area contributed by atoms with Gasteiger partial charge in [-0.25, -0.2) is 14.5 Å². The molecule has 3 rings (SSSR count). The van der Waals surface area contributed by atoms with E-state index in [0.29, 0.717) is 29.9 Å². The van der Waals surface area contributed by atoms with Crippen LogP contribution in [0.3, 0.4) is 0 Å². The quantitative estimate of drug-likeness (QED) is 0.447. The van der Waals surface area contributed by atoms with E-state index in [1.54, 1.807) is 30.5 Å². The Balaban J connectivity index is 1.82. The molecule has 0 aliphatic carbocycles. The van der Waals surface area contributed by atoms with Gasteiger partial charge < -0.3 is 5.11 Å². The minimum absolute atomic E-state index is 0.0166. The Morgan fingerprint density at radius 3 is 2.48 bits per heavy atom. The van der Waals surface area contributed by atoms with Crippen molar-refractivity contribution in [1.82, 2.24) is 19.7 Å². The second-order valence-electron chi connectivity index (χ2n) is 7.53. The van der Waals surface area contributed by atoms with Crippen molar-refractivity contribution in [2.75, 3.05) is 0 Å². The smallest absolute Gasteiger partial charge is 0.336 e. The summed E-state index contributed by atoms with van der Waals surface area (Å²) >= 11 is 0. The summed E-state index contributed by atoms with van der Waals surface area (Å²) in [6.45, 7) is 4.89. The molecular weight excluding hydrogens is 392 g/mol. The number of nitrogens with zero attached hydrogens (tertiary/aromatic N) is 4. The molecule has 2 heterocycles. The van der Waals surface area contributed by atoms with Crippen LogP contribution in [0.4, 0.5) is 0 Å². The molecule has 0 aliphatic heterocycles. The standard InChI is InChI=1S/C24H28N4O3/c1-3-5-11-21(29)23-26-22(28(27-23)14-6-4-2)15-17-12-13-20(25-16-17)18-9-7-8-10-19(18)24(30)31/h7-10,12-13,16H,3-6,11,14-15H2,1-2H3,(H,30,31). The summed E-state index contributed by atoms with van der Waals surface area (Å²) in [5.74, 6) is 0.0381. The number of aromatic carboxylic acids is 1. The fourth-order valence-corrected chi connectivity index (χ4v) is 3.32. The summed E-state index contributed by atoms with van der Waals surface area (Å²) in [6, 6.07) is 10.5. The van der Waals surface area contributed by atoms with Crippen LogP contribution in [-0.4, -0.2) is 36.6 Å².